The number of likely N-dealkylation sites (tertiary alicyclic amines) is 1. The van der Waals surface area contributed by atoms with Gasteiger partial charge < -0.3 is 9.80 Å². The predicted molar refractivity (Wildman–Crippen MR) is 105 cm³/mol. The van der Waals surface area contributed by atoms with Gasteiger partial charge in [0.05, 0.1) is 5.92 Å². The summed E-state index contributed by atoms with van der Waals surface area (Å²) < 4.78 is 13.9. The average Bonchev–Trinajstić information content (AvgIpc) is 3.57. The fraction of sp³-hybridized carbons (Fsp3) is 0.636. The van der Waals surface area contributed by atoms with Crippen LogP contribution in [0.2, 0.25) is 0 Å². The number of nitrogens with zero attached hydrogens (tertiary/aromatic N) is 3. The molecule has 1 atom stereocenters. The predicted octanol–water partition coefficient (Wildman–Crippen LogP) is 2.51. The smallest absolute Gasteiger partial charge is 0.227 e. The SMILES string of the molecule is O=C(C1CCCN(C(=O)C2CC2)C1)N1CCCN(Cc2ccccc2F)CC1. The second-order valence-corrected chi connectivity index (χ2v) is 8.44. The highest BCUT2D eigenvalue weighted by Gasteiger charge is 2.37. The van der Waals surface area contributed by atoms with Gasteiger partial charge in [-0.05, 0) is 38.2 Å². The Bertz CT molecular complexity index is 721. The van der Waals surface area contributed by atoms with Crippen LogP contribution in [-0.4, -0.2) is 65.8 Å². The summed E-state index contributed by atoms with van der Waals surface area (Å²) in [6.45, 7) is 5.04. The van der Waals surface area contributed by atoms with E-state index in [4.69, 9.17) is 0 Å². The Morgan fingerprint density at radius 3 is 2.39 bits per heavy atom. The summed E-state index contributed by atoms with van der Waals surface area (Å²) in [5, 5.41) is 0. The van der Waals surface area contributed by atoms with Crippen molar-refractivity contribution in [3.63, 3.8) is 0 Å². The van der Waals surface area contributed by atoms with E-state index in [1.54, 1.807) is 6.07 Å². The molecule has 2 heterocycles. The molecule has 2 saturated heterocycles. The lowest BCUT2D eigenvalue weighted by atomic mass is 9.96. The molecule has 6 heteroatoms. The fourth-order valence-corrected chi connectivity index (χ4v) is 4.44. The Morgan fingerprint density at radius 2 is 1.61 bits per heavy atom. The Balaban J connectivity index is 1.31. The summed E-state index contributed by atoms with van der Waals surface area (Å²) >= 11 is 0. The maximum Gasteiger partial charge on any atom is 0.227 e. The first-order valence-corrected chi connectivity index (χ1v) is 10.6. The zero-order chi connectivity index (χ0) is 19.5. The van der Waals surface area contributed by atoms with E-state index in [1.807, 2.05) is 21.9 Å². The van der Waals surface area contributed by atoms with Gasteiger partial charge in [-0.1, -0.05) is 18.2 Å². The van der Waals surface area contributed by atoms with Crippen molar-refractivity contribution in [2.45, 2.75) is 38.6 Å². The van der Waals surface area contributed by atoms with E-state index in [0.717, 1.165) is 58.3 Å². The zero-order valence-corrected chi connectivity index (χ0v) is 16.5. The van der Waals surface area contributed by atoms with Crippen molar-refractivity contribution in [2.24, 2.45) is 11.8 Å². The fourth-order valence-electron chi connectivity index (χ4n) is 4.44. The zero-order valence-electron chi connectivity index (χ0n) is 16.5. The number of benzene rings is 1. The van der Waals surface area contributed by atoms with Crippen molar-refractivity contribution in [2.75, 3.05) is 39.3 Å². The highest BCUT2D eigenvalue weighted by Crippen LogP contribution is 2.32. The molecule has 1 aliphatic carbocycles. The first kappa shape index (κ1) is 19.4. The number of piperidine rings is 1. The van der Waals surface area contributed by atoms with Crippen LogP contribution in [0.3, 0.4) is 0 Å². The van der Waals surface area contributed by atoms with Crippen molar-refractivity contribution in [1.29, 1.82) is 0 Å². The molecule has 2 aliphatic heterocycles. The van der Waals surface area contributed by atoms with Crippen LogP contribution >= 0.6 is 0 Å². The van der Waals surface area contributed by atoms with E-state index in [-0.39, 0.29) is 29.5 Å². The minimum atomic E-state index is -0.165. The van der Waals surface area contributed by atoms with Crippen LogP contribution in [0.15, 0.2) is 24.3 Å². The molecule has 1 saturated carbocycles. The molecule has 2 amide bonds. The number of hydrogen-bond acceptors (Lipinski definition) is 3. The third-order valence-corrected chi connectivity index (χ3v) is 6.26. The highest BCUT2D eigenvalue weighted by molar-refractivity contribution is 5.83. The largest absolute Gasteiger partial charge is 0.342 e. The minimum absolute atomic E-state index is 0.0606. The van der Waals surface area contributed by atoms with Crippen LogP contribution in [-0.2, 0) is 16.1 Å². The average molecular weight is 387 g/mol. The molecule has 4 rings (SSSR count). The molecule has 5 nitrogen and oxygen atoms in total. The van der Waals surface area contributed by atoms with Crippen molar-refractivity contribution < 1.29 is 14.0 Å². The van der Waals surface area contributed by atoms with Gasteiger partial charge in [-0.25, -0.2) is 4.39 Å². The molecule has 152 valence electrons. The molecule has 0 spiro atoms. The molecule has 1 aromatic rings. The number of halogens is 1. The van der Waals surface area contributed by atoms with Gasteiger partial charge in [-0.3, -0.25) is 14.5 Å². The minimum Gasteiger partial charge on any atom is -0.342 e. The van der Waals surface area contributed by atoms with Crippen LogP contribution in [0.25, 0.3) is 0 Å². The lowest BCUT2D eigenvalue weighted by Crippen LogP contribution is -2.47. The molecule has 1 aromatic carbocycles. The summed E-state index contributed by atoms with van der Waals surface area (Å²) in [7, 11) is 0. The Labute approximate surface area is 166 Å². The van der Waals surface area contributed by atoms with Crippen molar-refractivity contribution >= 4 is 11.8 Å². The molecular weight excluding hydrogens is 357 g/mol. The first-order valence-electron chi connectivity index (χ1n) is 10.6. The molecule has 0 bridgehead atoms. The lowest BCUT2D eigenvalue weighted by molar-refractivity contribution is -0.141. The van der Waals surface area contributed by atoms with Crippen LogP contribution in [0, 0.1) is 17.7 Å². The Kier molecular flexibility index (Phi) is 5.95. The van der Waals surface area contributed by atoms with Gasteiger partial charge in [0, 0.05) is 57.3 Å². The molecule has 3 fully saturated rings. The van der Waals surface area contributed by atoms with Crippen LogP contribution in [0.5, 0.6) is 0 Å². The van der Waals surface area contributed by atoms with Crippen molar-refractivity contribution in [1.82, 2.24) is 14.7 Å². The Morgan fingerprint density at radius 1 is 0.857 bits per heavy atom. The van der Waals surface area contributed by atoms with Crippen LogP contribution < -0.4 is 0 Å². The summed E-state index contributed by atoms with van der Waals surface area (Å²) in [6, 6.07) is 6.91. The summed E-state index contributed by atoms with van der Waals surface area (Å²) in [5.41, 5.74) is 0.712. The van der Waals surface area contributed by atoms with Crippen LogP contribution in [0.4, 0.5) is 4.39 Å². The van der Waals surface area contributed by atoms with Gasteiger partial charge in [0.15, 0.2) is 0 Å². The van der Waals surface area contributed by atoms with Gasteiger partial charge >= 0.3 is 0 Å². The molecule has 3 aliphatic rings. The normalized spacial score (nSPS) is 24.1. The summed E-state index contributed by atoms with van der Waals surface area (Å²) in [4.78, 5) is 31.6. The van der Waals surface area contributed by atoms with E-state index >= 15 is 0 Å². The van der Waals surface area contributed by atoms with Crippen molar-refractivity contribution in [3.8, 4) is 0 Å². The first-order chi connectivity index (χ1) is 13.6. The Hall–Kier alpha value is -1.95. The number of amides is 2. The van der Waals surface area contributed by atoms with Gasteiger partial charge in [0.25, 0.3) is 0 Å². The topological polar surface area (TPSA) is 43.9 Å². The summed E-state index contributed by atoms with van der Waals surface area (Å²) in [6.07, 6.45) is 4.72. The molecule has 0 aromatic heterocycles. The number of hydrogen-bond donors (Lipinski definition) is 0. The molecular formula is C22H30FN3O2. The molecule has 0 N–H and O–H groups in total. The highest BCUT2D eigenvalue weighted by atomic mass is 19.1. The standard InChI is InChI=1S/C22H30FN3O2/c23-20-7-2-1-5-18(20)15-24-10-4-12-25(14-13-24)22(28)19-6-3-11-26(16-19)21(27)17-8-9-17/h1-2,5,7,17,19H,3-4,6,8-16H2. The number of rotatable bonds is 4. The van der Waals surface area contributed by atoms with Gasteiger partial charge in [0.2, 0.25) is 11.8 Å². The molecule has 28 heavy (non-hydrogen) atoms. The summed E-state index contributed by atoms with van der Waals surface area (Å²) in [5.74, 6) is 0.446. The van der Waals surface area contributed by atoms with E-state index in [9.17, 15) is 14.0 Å². The van der Waals surface area contributed by atoms with Gasteiger partial charge in [-0.2, -0.15) is 0 Å². The van der Waals surface area contributed by atoms with Crippen molar-refractivity contribution in [3.05, 3.63) is 35.6 Å². The van der Waals surface area contributed by atoms with Gasteiger partial charge in [0.1, 0.15) is 5.82 Å². The second kappa shape index (κ2) is 8.60. The van der Waals surface area contributed by atoms with Gasteiger partial charge in [-0.15, -0.1) is 0 Å². The quantitative estimate of drug-likeness (QED) is 0.797. The third-order valence-electron chi connectivity index (χ3n) is 6.26. The van der Waals surface area contributed by atoms with E-state index in [2.05, 4.69) is 4.90 Å². The van der Waals surface area contributed by atoms with E-state index in [1.165, 1.54) is 6.07 Å². The maximum atomic E-state index is 13.9. The lowest BCUT2D eigenvalue weighted by Gasteiger charge is -2.35. The maximum absolute atomic E-state index is 13.9. The molecule has 0 radical (unpaired) electrons. The molecule has 1 unspecified atom stereocenters. The number of carbonyl (C=O) groups excluding carboxylic acids is 2. The monoisotopic (exact) mass is 387 g/mol. The van der Waals surface area contributed by atoms with E-state index in [0.29, 0.717) is 25.2 Å². The number of carbonyl (C=O) groups is 2. The second-order valence-electron chi connectivity index (χ2n) is 8.44. The third kappa shape index (κ3) is 4.54. The van der Waals surface area contributed by atoms with Crippen LogP contribution in [0.1, 0.15) is 37.7 Å². The van der Waals surface area contributed by atoms with E-state index < -0.39 is 0 Å².